The second kappa shape index (κ2) is 5.59. The molecule has 3 N–H and O–H groups in total. The molecule has 0 aliphatic heterocycles. The molecular formula is C13H13NO6S2. The van der Waals surface area contributed by atoms with E-state index >= 15 is 0 Å². The van der Waals surface area contributed by atoms with Gasteiger partial charge < -0.3 is 10.5 Å². The fourth-order valence-electron chi connectivity index (χ4n) is 1.81. The van der Waals surface area contributed by atoms with Gasteiger partial charge in [-0.1, -0.05) is 0 Å². The molecule has 0 unspecified atom stereocenters. The van der Waals surface area contributed by atoms with E-state index in [0.717, 1.165) is 18.2 Å². The Balaban J connectivity index is 2.54. The molecule has 0 saturated heterocycles. The van der Waals surface area contributed by atoms with E-state index in [1.54, 1.807) is 0 Å². The number of methoxy groups -OCH3 is 1. The standard InChI is InChI=1S/C13H13NO6S2/c1-20-9-2-4-10(5-3-9)21(15,16)13-7-6-11(8-12(13)14)22(17,18)19/h2-8H,14H2,1H3,(H,17,18,19). The van der Waals surface area contributed by atoms with E-state index in [2.05, 4.69) is 0 Å². The van der Waals surface area contributed by atoms with Gasteiger partial charge in [0.15, 0.2) is 0 Å². The normalized spacial score (nSPS) is 12.1. The highest BCUT2D eigenvalue weighted by atomic mass is 32.2. The third-order valence-electron chi connectivity index (χ3n) is 2.94. The fraction of sp³-hybridized carbons (Fsp3) is 0.0769. The Hall–Kier alpha value is -2.10. The van der Waals surface area contributed by atoms with Crippen molar-refractivity contribution >= 4 is 25.6 Å². The number of rotatable bonds is 4. The zero-order valence-electron chi connectivity index (χ0n) is 11.4. The van der Waals surface area contributed by atoms with Gasteiger partial charge in [-0.2, -0.15) is 8.42 Å². The first-order valence-electron chi connectivity index (χ1n) is 5.92. The van der Waals surface area contributed by atoms with E-state index < -0.39 is 24.9 Å². The number of nitrogen functional groups attached to an aromatic ring is 1. The van der Waals surface area contributed by atoms with Gasteiger partial charge in [-0.15, -0.1) is 0 Å². The number of sulfone groups is 1. The minimum absolute atomic E-state index is 0.0143. The van der Waals surface area contributed by atoms with Crippen LogP contribution in [-0.2, 0) is 20.0 Å². The van der Waals surface area contributed by atoms with Crippen molar-refractivity contribution in [2.45, 2.75) is 14.7 Å². The molecule has 0 saturated carbocycles. The van der Waals surface area contributed by atoms with Crippen molar-refractivity contribution in [1.29, 1.82) is 0 Å². The maximum Gasteiger partial charge on any atom is 0.294 e. The van der Waals surface area contributed by atoms with Gasteiger partial charge in [0.25, 0.3) is 10.1 Å². The molecule has 9 heteroatoms. The Morgan fingerprint density at radius 1 is 0.955 bits per heavy atom. The Kier molecular flexibility index (Phi) is 4.14. The molecular weight excluding hydrogens is 330 g/mol. The first-order valence-corrected chi connectivity index (χ1v) is 8.85. The van der Waals surface area contributed by atoms with Gasteiger partial charge in [-0.3, -0.25) is 4.55 Å². The minimum atomic E-state index is -4.45. The van der Waals surface area contributed by atoms with E-state index in [-0.39, 0.29) is 15.5 Å². The van der Waals surface area contributed by atoms with Gasteiger partial charge in [0, 0.05) is 0 Å². The van der Waals surface area contributed by atoms with Gasteiger partial charge in [-0.25, -0.2) is 8.42 Å². The van der Waals surface area contributed by atoms with Crippen LogP contribution in [0.15, 0.2) is 57.2 Å². The van der Waals surface area contributed by atoms with E-state index in [0.29, 0.717) is 5.75 Å². The molecule has 0 spiro atoms. The van der Waals surface area contributed by atoms with Crippen LogP contribution in [0.1, 0.15) is 0 Å². The summed E-state index contributed by atoms with van der Waals surface area (Å²) in [6.45, 7) is 0. The molecule has 118 valence electrons. The SMILES string of the molecule is COc1ccc(S(=O)(=O)c2ccc(S(=O)(=O)O)cc2N)cc1. The first-order chi connectivity index (χ1) is 10.2. The van der Waals surface area contributed by atoms with Crippen LogP contribution in [-0.4, -0.2) is 28.5 Å². The van der Waals surface area contributed by atoms with Crippen LogP contribution in [0.25, 0.3) is 0 Å². The monoisotopic (exact) mass is 343 g/mol. The van der Waals surface area contributed by atoms with Crippen molar-refractivity contribution in [3.05, 3.63) is 42.5 Å². The quantitative estimate of drug-likeness (QED) is 0.634. The molecule has 0 aliphatic carbocycles. The highest BCUT2D eigenvalue weighted by Gasteiger charge is 2.22. The van der Waals surface area contributed by atoms with Crippen molar-refractivity contribution in [3.63, 3.8) is 0 Å². The number of hydrogen-bond acceptors (Lipinski definition) is 6. The Bertz CT molecular complexity index is 902. The average molecular weight is 343 g/mol. The lowest BCUT2D eigenvalue weighted by atomic mass is 10.3. The van der Waals surface area contributed by atoms with Crippen molar-refractivity contribution in [2.24, 2.45) is 0 Å². The third-order valence-corrected chi connectivity index (χ3v) is 5.63. The first kappa shape index (κ1) is 16.3. The summed E-state index contributed by atoms with van der Waals surface area (Å²) in [5, 5.41) is 0. The number of ether oxygens (including phenoxy) is 1. The zero-order chi connectivity index (χ0) is 16.5. The maximum absolute atomic E-state index is 12.5. The summed E-state index contributed by atoms with van der Waals surface area (Å²) in [7, 11) is -6.91. The molecule has 0 heterocycles. The van der Waals surface area contributed by atoms with Crippen molar-refractivity contribution < 1.29 is 26.1 Å². The summed E-state index contributed by atoms with van der Waals surface area (Å²) in [4.78, 5) is -0.733. The van der Waals surface area contributed by atoms with Crippen LogP contribution in [0.3, 0.4) is 0 Å². The van der Waals surface area contributed by atoms with Crippen molar-refractivity contribution in [3.8, 4) is 5.75 Å². The highest BCUT2D eigenvalue weighted by molar-refractivity contribution is 7.91. The third kappa shape index (κ3) is 3.06. The van der Waals surface area contributed by atoms with Gasteiger partial charge >= 0.3 is 0 Å². The van der Waals surface area contributed by atoms with Gasteiger partial charge in [0.05, 0.1) is 27.5 Å². The number of hydrogen-bond donors (Lipinski definition) is 2. The van der Waals surface area contributed by atoms with Crippen molar-refractivity contribution in [1.82, 2.24) is 0 Å². The van der Waals surface area contributed by atoms with Gasteiger partial charge in [0.1, 0.15) is 5.75 Å². The molecule has 7 nitrogen and oxygen atoms in total. The van der Waals surface area contributed by atoms with Crippen LogP contribution < -0.4 is 10.5 Å². The second-order valence-corrected chi connectivity index (χ2v) is 7.69. The molecule has 0 fully saturated rings. The maximum atomic E-state index is 12.5. The second-order valence-electron chi connectivity index (χ2n) is 4.35. The Labute approximate surface area is 128 Å². The summed E-state index contributed by atoms with van der Waals surface area (Å²) in [5.74, 6) is 0.494. The largest absolute Gasteiger partial charge is 0.497 e. The molecule has 0 radical (unpaired) electrons. The summed E-state index contributed by atoms with van der Waals surface area (Å²) in [6, 6.07) is 8.58. The average Bonchev–Trinajstić information content (AvgIpc) is 2.46. The molecule has 0 amide bonds. The minimum Gasteiger partial charge on any atom is -0.497 e. The van der Waals surface area contributed by atoms with Crippen LogP contribution in [0.4, 0.5) is 5.69 Å². The predicted octanol–water partition coefficient (Wildman–Crippen LogP) is 1.36. The molecule has 2 rings (SSSR count). The highest BCUT2D eigenvalue weighted by Crippen LogP contribution is 2.28. The van der Waals surface area contributed by atoms with Gasteiger partial charge in [-0.05, 0) is 42.5 Å². The summed E-state index contributed by atoms with van der Waals surface area (Å²) >= 11 is 0. The van der Waals surface area contributed by atoms with E-state index in [1.165, 1.54) is 31.4 Å². The molecule has 0 aliphatic rings. The Morgan fingerprint density at radius 3 is 1.95 bits per heavy atom. The lowest BCUT2D eigenvalue weighted by Crippen LogP contribution is -2.07. The van der Waals surface area contributed by atoms with Crippen LogP contribution in [0, 0.1) is 0 Å². The molecule has 0 bridgehead atoms. The zero-order valence-corrected chi connectivity index (χ0v) is 13.1. The molecule has 0 aromatic heterocycles. The van der Waals surface area contributed by atoms with E-state index in [4.69, 9.17) is 15.0 Å². The van der Waals surface area contributed by atoms with Crippen LogP contribution in [0.2, 0.25) is 0 Å². The molecule has 2 aromatic rings. The smallest absolute Gasteiger partial charge is 0.294 e. The molecule has 22 heavy (non-hydrogen) atoms. The topological polar surface area (TPSA) is 124 Å². The number of anilines is 1. The van der Waals surface area contributed by atoms with Crippen molar-refractivity contribution in [2.75, 3.05) is 12.8 Å². The predicted molar refractivity (Wildman–Crippen MR) is 79.1 cm³/mol. The summed E-state index contributed by atoms with van der Waals surface area (Å²) < 4.78 is 60.9. The Morgan fingerprint density at radius 2 is 1.50 bits per heavy atom. The van der Waals surface area contributed by atoms with E-state index in [1.807, 2.05) is 0 Å². The van der Waals surface area contributed by atoms with Gasteiger partial charge in [0.2, 0.25) is 9.84 Å². The summed E-state index contributed by atoms with van der Waals surface area (Å²) in [6.07, 6.45) is 0. The lowest BCUT2D eigenvalue weighted by Gasteiger charge is -2.09. The van der Waals surface area contributed by atoms with E-state index in [9.17, 15) is 16.8 Å². The van der Waals surface area contributed by atoms with Crippen LogP contribution >= 0.6 is 0 Å². The number of benzene rings is 2. The summed E-state index contributed by atoms with van der Waals surface area (Å²) in [5.41, 5.74) is 5.35. The van der Waals surface area contributed by atoms with Crippen LogP contribution in [0.5, 0.6) is 5.75 Å². The molecule has 0 atom stereocenters. The fourth-order valence-corrected chi connectivity index (χ4v) is 3.69. The lowest BCUT2D eigenvalue weighted by molar-refractivity contribution is 0.414. The number of nitrogens with two attached hydrogens (primary N) is 1. The molecule has 2 aromatic carbocycles.